The topological polar surface area (TPSA) is 107 Å². The number of nitrogens with zero attached hydrogens (tertiary/aromatic N) is 1. The number of piperidine rings is 1. The number of carboxylic acid groups (broad SMARTS) is 2. The van der Waals surface area contributed by atoms with Crippen LogP contribution in [0, 0.1) is 17.7 Å². The maximum absolute atomic E-state index is 13.2. The summed E-state index contributed by atoms with van der Waals surface area (Å²) in [6.07, 6.45) is -2.15. The molecular formula is C27H32F4N2O5. The second-order valence-electron chi connectivity index (χ2n) is 9.45. The lowest BCUT2D eigenvalue weighted by molar-refractivity contribution is -0.159. The number of carbonyl (C=O) groups is 3. The molecule has 1 heterocycles. The zero-order valence-corrected chi connectivity index (χ0v) is 21.2. The summed E-state index contributed by atoms with van der Waals surface area (Å²) in [5, 5.41) is 17.9. The highest BCUT2D eigenvalue weighted by Gasteiger charge is 2.30. The molecule has 1 atom stereocenters. The van der Waals surface area contributed by atoms with Crippen molar-refractivity contribution in [1.82, 2.24) is 10.2 Å². The SMILES string of the molecule is CC(C)[C@@H](NC(=O)C1CCN(CCc2ccc(C(F)(F)F)cc2)CC1)c1ccc(F)cc1.O=C(O)C(=O)O. The maximum atomic E-state index is 13.2. The summed E-state index contributed by atoms with van der Waals surface area (Å²) < 4.78 is 51.3. The smallest absolute Gasteiger partial charge is 0.416 e. The number of alkyl halides is 3. The fraction of sp³-hybridized carbons (Fsp3) is 0.444. The van der Waals surface area contributed by atoms with Crippen LogP contribution in [0.5, 0.6) is 0 Å². The minimum atomic E-state index is -4.31. The first-order valence-electron chi connectivity index (χ1n) is 12.2. The van der Waals surface area contributed by atoms with E-state index >= 15 is 0 Å². The van der Waals surface area contributed by atoms with Gasteiger partial charge in [-0.1, -0.05) is 38.1 Å². The van der Waals surface area contributed by atoms with Gasteiger partial charge in [-0.2, -0.15) is 13.2 Å². The van der Waals surface area contributed by atoms with E-state index in [1.165, 1.54) is 24.3 Å². The van der Waals surface area contributed by atoms with Gasteiger partial charge in [0.25, 0.3) is 0 Å². The maximum Gasteiger partial charge on any atom is 0.416 e. The lowest BCUT2D eigenvalue weighted by Gasteiger charge is -2.33. The van der Waals surface area contributed by atoms with Crippen LogP contribution in [0.3, 0.4) is 0 Å². The van der Waals surface area contributed by atoms with E-state index in [1.807, 2.05) is 13.8 Å². The van der Waals surface area contributed by atoms with E-state index < -0.39 is 23.7 Å². The Balaban J connectivity index is 0.000000757. The molecule has 7 nitrogen and oxygen atoms in total. The van der Waals surface area contributed by atoms with Crippen LogP contribution in [0.1, 0.15) is 49.4 Å². The van der Waals surface area contributed by atoms with Gasteiger partial charge in [-0.15, -0.1) is 0 Å². The molecule has 3 rings (SSSR count). The highest BCUT2D eigenvalue weighted by atomic mass is 19.4. The van der Waals surface area contributed by atoms with Gasteiger partial charge in [0.15, 0.2) is 0 Å². The van der Waals surface area contributed by atoms with Gasteiger partial charge in [-0.3, -0.25) is 4.79 Å². The highest BCUT2D eigenvalue weighted by molar-refractivity contribution is 6.27. The number of carbonyl (C=O) groups excluding carboxylic acids is 1. The predicted octanol–water partition coefficient (Wildman–Crippen LogP) is 4.77. The molecule has 2 aromatic rings. The molecule has 38 heavy (non-hydrogen) atoms. The number of rotatable bonds is 7. The van der Waals surface area contributed by atoms with Gasteiger partial charge in [0, 0.05) is 12.5 Å². The molecule has 0 unspecified atom stereocenters. The van der Waals surface area contributed by atoms with Gasteiger partial charge < -0.3 is 20.4 Å². The second kappa shape index (κ2) is 13.9. The summed E-state index contributed by atoms with van der Waals surface area (Å²) in [6, 6.07) is 11.4. The third kappa shape index (κ3) is 9.77. The number of amides is 1. The Morgan fingerprint density at radius 3 is 1.92 bits per heavy atom. The average molecular weight is 541 g/mol. The number of carboxylic acids is 2. The number of aliphatic carboxylic acids is 2. The molecule has 1 fully saturated rings. The zero-order chi connectivity index (χ0) is 28.5. The fourth-order valence-electron chi connectivity index (χ4n) is 4.14. The van der Waals surface area contributed by atoms with Crippen molar-refractivity contribution in [3.63, 3.8) is 0 Å². The summed E-state index contributed by atoms with van der Waals surface area (Å²) in [5.74, 6) is -3.82. The molecule has 0 saturated carbocycles. The van der Waals surface area contributed by atoms with E-state index in [0.717, 1.165) is 55.7 Å². The summed E-state index contributed by atoms with van der Waals surface area (Å²) in [4.78, 5) is 33.3. The van der Waals surface area contributed by atoms with Crippen molar-refractivity contribution >= 4 is 17.8 Å². The molecule has 1 aliphatic rings. The molecule has 1 saturated heterocycles. The van der Waals surface area contributed by atoms with Crippen LogP contribution < -0.4 is 5.32 Å². The molecule has 0 aromatic heterocycles. The normalized spacial score (nSPS) is 15.3. The summed E-state index contributed by atoms with van der Waals surface area (Å²) in [6.45, 7) is 6.36. The van der Waals surface area contributed by atoms with Gasteiger partial charge in [0.1, 0.15) is 5.82 Å². The minimum Gasteiger partial charge on any atom is -0.473 e. The van der Waals surface area contributed by atoms with Gasteiger partial charge >= 0.3 is 18.1 Å². The Hall–Kier alpha value is -3.47. The van der Waals surface area contributed by atoms with E-state index in [1.54, 1.807) is 12.1 Å². The Bertz CT molecular complexity index is 1050. The van der Waals surface area contributed by atoms with Crippen LogP contribution in [-0.4, -0.2) is 52.6 Å². The number of likely N-dealkylation sites (tertiary alicyclic amines) is 1. The van der Waals surface area contributed by atoms with Crippen LogP contribution in [0.15, 0.2) is 48.5 Å². The Labute approximate surface area is 218 Å². The standard InChI is InChI=1S/C25H30F4N2O.C2H2O4/c1-17(2)23(19-5-9-22(26)10-6-19)30-24(32)20-12-15-31(16-13-20)14-11-18-3-7-21(8-4-18)25(27,28)29;3-1(4)2(5)6/h3-10,17,20,23H,11-16H2,1-2H3,(H,30,32);(H,3,4)(H,5,6)/t23-;/m1./s1. The second-order valence-corrected chi connectivity index (χ2v) is 9.45. The van der Waals surface area contributed by atoms with Gasteiger partial charge in [0.05, 0.1) is 11.6 Å². The van der Waals surface area contributed by atoms with Crippen molar-refractivity contribution in [3.8, 4) is 0 Å². The Kier molecular flexibility index (Phi) is 11.2. The fourth-order valence-corrected chi connectivity index (χ4v) is 4.14. The molecule has 1 amide bonds. The quantitative estimate of drug-likeness (QED) is 0.345. The van der Waals surface area contributed by atoms with Crippen LogP contribution in [-0.2, 0) is 27.0 Å². The Morgan fingerprint density at radius 2 is 1.47 bits per heavy atom. The molecule has 3 N–H and O–H groups in total. The van der Waals surface area contributed by atoms with E-state index in [9.17, 15) is 22.4 Å². The van der Waals surface area contributed by atoms with Crippen molar-refractivity contribution in [3.05, 3.63) is 71.0 Å². The van der Waals surface area contributed by atoms with E-state index in [2.05, 4.69) is 10.2 Å². The lowest BCUT2D eigenvalue weighted by atomic mass is 9.92. The van der Waals surface area contributed by atoms with Crippen LogP contribution in [0.2, 0.25) is 0 Å². The molecule has 0 radical (unpaired) electrons. The minimum absolute atomic E-state index is 0.0235. The molecular weight excluding hydrogens is 508 g/mol. The first kappa shape index (κ1) is 30.8. The summed E-state index contributed by atoms with van der Waals surface area (Å²) in [7, 11) is 0. The van der Waals surface area contributed by atoms with Crippen molar-refractivity contribution in [2.45, 2.75) is 45.3 Å². The molecule has 0 aliphatic carbocycles. The van der Waals surface area contributed by atoms with E-state index in [0.29, 0.717) is 6.42 Å². The van der Waals surface area contributed by atoms with E-state index in [4.69, 9.17) is 19.8 Å². The molecule has 0 spiro atoms. The number of nitrogens with one attached hydrogen (secondary N) is 1. The zero-order valence-electron chi connectivity index (χ0n) is 21.2. The number of hydrogen-bond acceptors (Lipinski definition) is 4. The summed E-state index contributed by atoms with van der Waals surface area (Å²) in [5.41, 5.74) is 1.13. The first-order valence-corrected chi connectivity index (χ1v) is 12.2. The van der Waals surface area contributed by atoms with Crippen molar-refractivity contribution < 1.29 is 42.2 Å². The van der Waals surface area contributed by atoms with Crippen LogP contribution >= 0.6 is 0 Å². The Morgan fingerprint density at radius 1 is 0.947 bits per heavy atom. The largest absolute Gasteiger partial charge is 0.473 e. The molecule has 2 aromatic carbocycles. The lowest BCUT2D eigenvalue weighted by Crippen LogP contribution is -2.42. The van der Waals surface area contributed by atoms with Crippen molar-refractivity contribution in [2.75, 3.05) is 19.6 Å². The van der Waals surface area contributed by atoms with E-state index in [-0.39, 0.29) is 29.6 Å². The molecule has 208 valence electrons. The van der Waals surface area contributed by atoms with Crippen LogP contribution in [0.25, 0.3) is 0 Å². The van der Waals surface area contributed by atoms with Gasteiger partial charge in [0.2, 0.25) is 5.91 Å². The third-order valence-corrected chi connectivity index (χ3v) is 6.33. The highest BCUT2D eigenvalue weighted by Crippen LogP contribution is 2.29. The average Bonchev–Trinajstić information content (AvgIpc) is 2.86. The van der Waals surface area contributed by atoms with Crippen molar-refractivity contribution in [1.29, 1.82) is 0 Å². The molecule has 1 aliphatic heterocycles. The van der Waals surface area contributed by atoms with Crippen LogP contribution in [0.4, 0.5) is 17.6 Å². The number of halogens is 4. The molecule has 0 bridgehead atoms. The van der Waals surface area contributed by atoms with Crippen molar-refractivity contribution in [2.24, 2.45) is 11.8 Å². The first-order chi connectivity index (χ1) is 17.8. The third-order valence-electron chi connectivity index (χ3n) is 6.33. The number of hydrogen-bond donors (Lipinski definition) is 3. The van der Waals surface area contributed by atoms with Gasteiger partial charge in [-0.25, -0.2) is 14.0 Å². The number of benzene rings is 2. The monoisotopic (exact) mass is 540 g/mol. The summed E-state index contributed by atoms with van der Waals surface area (Å²) >= 11 is 0. The van der Waals surface area contributed by atoms with Gasteiger partial charge in [-0.05, 0) is 73.7 Å². The molecule has 11 heteroatoms. The predicted molar refractivity (Wildman–Crippen MR) is 132 cm³/mol.